The molecule has 0 bridgehead atoms. The van der Waals surface area contributed by atoms with Crippen molar-refractivity contribution in [2.45, 2.75) is 6.42 Å². The molecule has 0 aliphatic rings. The summed E-state index contributed by atoms with van der Waals surface area (Å²) >= 11 is 0. The summed E-state index contributed by atoms with van der Waals surface area (Å²) in [6.45, 7) is 1.02. The van der Waals surface area contributed by atoms with Crippen LogP contribution < -0.4 is 11.1 Å². The lowest BCUT2D eigenvalue weighted by atomic mass is 10.1. The van der Waals surface area contributed by atoms with Crippen molar-refractivity contribution in [2.24, 2.45) is 5.73 Å². The molecule has 2 amide bonds. The number of rotatable bonds is 4. The van der Waals surface area contributed by atoms with Crippen LogP contribution >= 0.6 is 0 Å². The minimum atomic E-state index is -0.531. The van der Waals surface area contributed by atoms with Gasteiger partial charge in [0, 0.05) is 12.2 Å². The lowest BCUT2D eigenvalue weighted by molar-refractivity contribution is 0.259. The molecular weight excluding hydrogens is 190 g/mol. The highest BCUT2D eigenvalue weighted by Crippen LogP contribution is 2.09. The molecule has 0 saturated carbocycles. The van der Waals surface area contributed by atoms with Gasteiger partial charge in [0.15, 0.2) is 0 Å². The Labute approximate surface area is 90.1 Å². The van der Waals surface area contributed by atoms with E-state index in [4.69, 9.17) is 5.73 Å². The van der Waals surface area contributed by atoms with E-state index in [1.165, 1.54) is 5.56 Å². The van der Waals surface area contributed by atoms with Crippen molar-refractivity contribution in [3.8, 4) is 0 Å². The smallest absolute Gasteiger partial charge is 0.316 e. The fraction of sp³-hybridized carbons (Fsp3) is 0.364. The second-order valence-corrected chi connectivity index (χ2v) is 3.74. The molecule has 0 fully saturated rings. The molecule has 15 heavy (non-hydrogen) atoms. The van der Waals surface area contributed by atoms with Gasteiger partial charge in [0.25, 0.3) is 0 Å². The number of urea groups is 1. The van der Waals surface area contributed by atoms with Crippen molar-refractivity contribution in [3.05, 3.63) is 29.8 Å². The Hall–Kier alpha value is -1.55. The van der Waals surface area contributed by atoms with Gasteiger partial charge in [0.1, 0.15) is 0 Å². The van der Waals surface area contributed by atoms with E-state index in [2.05, 4.69) is 10.2 Å². The topological polar surface area (TPSA) is 58.4 Å². The van der Waals surface area contributed by atoms with Gasteiger partial charge in [0.05, 0.1) is 0 Å². The Bertz CT molecular complexity index is 319. The van der Waals surface area contributed by atoms with E-state index in [9.17, 15) is 4.79 Å². The number of anilines is 1. The van der Waals surface area contributed by atoms with Crippen molar-refractivity contribution in [3.63, 3.8) is 0 Å². The first-order valence-corrected chi connectivity index (χ1v) is 4.88. The monoisotopic (exact) mass is 207 g/mol. The number of amides is 2. The molecule has 0 spiro atoms. The highest BCUT2D eigenvalue weighted by molar-refractivity contribution is 5.87. The third kappa shape index (κ3) is 4.46. The van der Waals surface area contributed by atoms with Gasteiger partial charge in [-0.1, -0.05) is 12.1 Å². The highest BCUT2D eigenvalue weighted by atomic mass is 16.2. The maximum Gasteiger partial charge on any atom is 0.316 e. The van der Waals surface area contributed by atoms with Crippen LogP contribution in [0.2, 0.25) is 0 Å². The van der Waals surface area contributed by atoms with Gasteiger partial charge in [0.2, 0.25) is 0 Å². The number of carbonyl (C=O) groups is 1. The zero-order valence-corrected chi connectivity index (χ0v) is 9.16. The lowest BCUT2D eigenvalue weighted by Gasteiger charge is -2.09. The van der Waals surface area contributed by atoms with E-state index in [1.807, 2.05) is 38.4 Å². The average molecular weight is 207 g/mol. The molecule has 1 aromatic rings. The van der Waals surface area contributed by atoms with E-state index < -0.39 is 6.03 Å². The Morgan fingerprint density at radius 1 is 1.33 bits per heavy atom. The molecule has 0 atom stereocenters. The van der Waals surface area contributed by atoms with Crippen LogP contribution in [0.15, 0.2) is 24.3 Å². The molecule has 0 unspecified atom stereocenters. The van der Waals surface area contributed by atoms with E-state index in [0.29, 0.717) is 0 Å². The van der Waals surface area contributed by atoms with Crippen LogP contribution in [0.25, 0.3) is 0 Å². The number of likely N-dealkylation sites (N-methyl/N-ethyl adjacent to an activating group) is 1. The van der Waals surface area contributed by atoms with Crippen LogP contribution in [0.1, 0.15) is 5.56 Å². The molecule has 1 aromatic carbocycles. The Morgan fingerprint density at radius 2 is 1.93 bits per heavy atom. The van der Waals surface area contributed by atoms with E-state index >= 15 is 0 Å². The summed E-state index contributed by atoms with van der Waals surface area (Å²) in [6, 6.07) is 7.17. The summed E-state index contributed by atoms with van der Waals surface area (Å²) in [5.74, 6) is 0. The molecule has 4 heteroatoms. The largest absolute Gasteiger partial charge is 0.351 e. The molecule has 0 saturated heterocycles. The normalized spacial score (nSPS) is 10.3. The summed E-state index contributed by atoms with van der Waals surface area (Å²) in [6.07, 6.45) is 1.00. The molecule has 1 rings (SSSR count). The molecule has 3 N–H and O–H groups in total. The maximum absolute atomic E-state index is 10.6. The zero-order chi connectivity index (χ0) is 11.3. The number of hydrogen-bond donors (Lipinski definition) is 2. The minimum absolute atomic E-state index is 0.531. The molecule has 0 aromatic heterocycles. The Morgan fingerprint density at radius 3 is 2.40 bits per heavy atom. The number of primary amides is 1. The summed E-state index contributed by atoms with van der Waals surface area (Å²) in [7, 11) is 4.09. The number of nitrogens with zero attached hydrogens (tertiary/aromatic N) is 1. The highest BCUT2D eigenvalue weighted by Gasteiger charge is 1.97. The van der Waals surface area contributed by atoms with Crippen molar-refractivity contribution in [2.75, 3.05) is 26.0 Å². The molecule has 0 heterocycles. The van der Waals surface area contributed by atoms with Crippen LogP contribution in [0.4, 0.5) is 10.5 Å². The first-order chi connectivity index (χ1) is 7.08. The predicted octanol–water partition coefficient (Wildman–Crippen LogP) is 1.28. The molecule has 0 aliphatic heterocycles. The van der Waals surface area contributed by atoms with Gasteiger partial charge in [-0.05, 0) is 38.2 Å². The molecular formula is C11H17N3O. The van der Waals surface area contributed by atoms with E-state index in [-0.39, 0.29) is 0 Å². The van der Waals surface area contributed by atoms with Crippen LogP contribution in [0.3, 0.4) is 0 Å². The second kappa shape index (κ2) is 5.36. The fourth-order valence-electron chi connectivity index (χ4n) is 1.25. The van der Waals surface area contributed by atoms with E-state index in [0.717, 1.165) is 18.7 Å². The number of carbonyl (C=O) groups excluding carboxylic acids is 1. The predicted molar refractivity (Wildman–Crippen MR) is 61.9 cm³/mol. The quantitative estimate of drug-likeness (QED) is 0.781. The van der Waals surface area contributed by atoms with Crippen LogP contribution in [0, 0.1) is 0 Å². The first kappa shape index (κ1) is 11.5. The Kier molecular flexibility index (Phi) is 4.12. The van der Waals surface area contributed by atoms with Gasteiger partial charge in [-0.3, -0.25) is 0 Å². The SMILES string of the molecule is CN(C)CCc1ccc(NC(N)=O)cc1. The summed E-state index contributed by atoms with van der Waals surface area (Å²) in [5.41, 5.74) is 6.99. The third-order valence-corrected chi connectivity index (χ3v) is 2.07. The lowest BCUT2D eigenvalue weighted by Crippen LogP contribution is -2.19. The van der Waals surface area contributed by atoms with Gasteiger partial charge < -0.3 is 16.0 Å². The average Bonchev–Trinajstić information content (AvgIpc) is 2.16. The van der Waals surface area contributed by atoms with Gasteiger partial charge in [-0.15, -0.1) is 0 Å². The number of nitrogens with one attached hydrogen (secondary N) is 1. The standard InChI is InChI=1S/C11H17N3O/c1-14(2)8-7-9-3-5-10(6-4-9)13-11(12)15/h3-6H,7-8H2,1-2H3,(H3,12,13,15). The number of hydrogen-bond acceptors (Lipinski definition) is 2. The van der Waals surface area contributed by atoms with E-state index in [1.54, 1.807) is 0 Å². The maximum atomic E-state index is 10.6. The summed E-state index contributed by atoms with van der Waals surface area (Å²) in [5, 5.41) is 2.53. The zero-order valence-electron chi connectivity index (χ0n) is 9.16. The van der Waals surface area contributed by atoms with Crippen LogP contribution in [-0.4, -0.2) is 31.6 Å². The minimum Gasteiger partial charge on any atom is -0.351 e. The van der Waals surface area contributed by atoms with Crippen molar-refractivity contribution in [1.29, 1.82) is 0 Å². The second-order valence-electron chi connectivity index (χ2n) is 3.74. The molecule has 82 valence electrons. The van der Waals surface area contributed by atoms with Gasteiger partial charge in [-0.25, -0.2) is 4.79 Å². The first-order valence-electron chi connectivity index (χ1n) is 4.88. The fourth-order valence-corrected chi connectivity index (χ4v) is 1.25. The summed E-state index contributed by atoms with van der Waals surface area (Å²) < 4.78 is 0. The molecule has 0 radical (unpaired) electrons. The van der Waals surface area contributed by atoms with Crippen molar-refractivity contribution < 1.29 is 4.79 Å². The van der Waals surface area contributed by atoms with Crippen molar-refractivity contribution in [1.82, 2.24) is 4.90 Å². The Balaban J connectivity index is 2.52. The van der Waals surface area contributed by atoms with Crippen LogP contribution in [-0.2, 0) is 6.42 Å². The summed E-state index contributed by atoms with van der Waals surface area (Å²) in [4.78, 5) is 12.7. The van der Waals surface area contributed by atoms with Crippen molar-refractivity contribution >= 4 is 11.7 Å². The van der Waals surface area contributed by atoms with Gasteiger partial charge >= 0.3 is 6.03 Å². The number of nitrogens with two attached hydrogens (primary N) is 1. The molecule has 4 nitrogen and oxygen atoms in total. The van der Waals surface area contributed by atoms with Gasteiger partial charge in [-0.2, -0.15) is 0 Å². The molecule has 0 aliphatic carbocycles. The third-order valence-electron chi connectivity index (χ3n) is 2.07. The van der Waals surface area contributed by atoms with Crippen LogP contribution in [0.5, 0.6) is 0 Å². The number of benzene rings is 1.